The number of hydrogen-bond acceptors (Lipinski definition) is 6. The number of nitrogens with one attached hydrogen (secondary N) is 2. The third-order valence-corrected chi connectivity index (χ3v) is 6.47. The maximum atomic E-state index is 6.00. The first-order valence-corrected chi connectivity index (χ1v) is 13.3. The van der Waals surface area contributed by atoms with E-state index in [0.717, 1.165) is 54.5 Å². The Morgan fingerprint density at radius 1 is 0.811 bits per heavy atom. The van der Waals surface area contributed by atoms with E-state index >= 15 is 0 Å². The summed E-state index contributed by atoms with van der Waals surface area (Å²) in [5, 5.41) is 5.75. The summed E-state index contributed by atoms with van der Waals surface area (Å²) in [5.74, 6) is 1.17. The van der Waals surface area contributed by atoms with E-state index in [2.05, 4.69) is 67.6 Å². The molecule has 1 aliphatic heterocycles. The lowest BCUT2D eigenvalue weighted by molar-refractivity contribution is 0.295. The fraction of sp³-hybridized carbons (Fsp3) is 0.300. The van der Waals surface area contributed by atoms with Crippen LogP contribution in [0.25, 0.3) is 21.8 Å². The Morgan fingerprint density at radius 3 is 2.41 bits per heavy atom. The van der Waals surface area contributed by atoms with Gasteiger partial charge in [-0.25, -0.2) is 0 Å². The molecule has 1 saturated heterocycles. The van der Waals surface area contributed by atoms with Crippen LogP contribution in [-0.2, 0) is 6.42 Å². The molecule has 1 fully saturated rings. The molecular weight excluding hydrogens is 460 g/mol. The highest BCUT2D eigenvalue weighted by Crippen LogP contribution is 2.29. The van der Waals surface area contributed by atoms with Gasteiger partial charge in [-0.3, -0.25) is 0 Å². The minimum atomic E-state index is 0.354. The van der Waals surface area contributed by atoms with Crippen molar-refractivity contribution < 1.29 is 4.74 Å². The van der Waals surface area contributed by atoms with Crippen LogP contribution < -0.4 is 15.0 Å². The van der Waals surface area contributed by atoms with Crippen LogP contribution in [0.5, 0.6) is 6.01 Å². The Balaban J connectivity index is 0.00000137. The van der Waals surface area contributed by atoms with Crippen LogP contribution in [-0.4, -0.2) is 39.6 Å². The Morgan fingerprint density at radius 2 is 1.57 bits per heavy atom. The fourth-order valence-electron chi connectivity index (χ4n) is 4.66. The lowest BCUT2D eigenvalue weighted by Crippen LogP contribution is -2.31. The van der Waals surface area contributed by atoms with Gasteiger partial charge in [-0.1, -0.05) is 62.4 Å². The molecule has 5 aromatic rings. The quantitative estimate of drug-likeness (QED) is 0.257. The topological polar surface area (TPSA) is 79.0 Å². The highest BCUT2D eigenvalue weighted by atomic mass is 16.5. The fourth-order valence-corrected chi connectivity index (χ4v) is 4.66. The number of piperidine rings is 1. The zero-order valence-corrected chi connectivity index (χ0v) is 21.6. The minimum absolute atomic E-state index is 0.354. The predicted molar refractivity (Wildman–Crippen MR) is 152 cm³/mol. The largest absolute Gasteiger partial charge is 0.463 e. The van der Waals surface area contributed by atoms with Crippen LogP contribution in [0.2, 0.25) is 0 Å². The number of anilines is 3. The number of H-pyrrole nitrogens is 1. The lowest BCUT2D eigenvalue weighted by atomic mass is 10.1. The third-order valence-electron chi connectivity index (χ3n) is 6.47. The first-order valence-electron chi connectivity index (χ1n) is 13.3. The molecule has 0 bridgehead atoms. The van der Waals surface area contributed by atoms with Crippen molar-refractivity contribution in [2.45, 2.75) is 39.5 Å². The molecule has 0 saturated carbocycles. The molecule has 3 heterocycles. The molecule has 190 valence electrons. The van der Waals surface area contributed by atoms with Crippen molar-refractivity contribution in [2.75, 3.05) is 29.9 Å². The van der Waals surface area contributed by atoms with Gasteiger partial charge in [-0.2, -0.15) is 15.0 Å². The van der Waals surface area contributed by atoms with Crippen LogP contribution in [0, 0.1) is 0 Å². The summed E-state index contributed by atoms with van der Waals surface area (Å²) in [4.78, 5) is 19.7. The molecule has 2 aromatic heterocycles. The molecule has 7 nitrogen and oxygen atoms in total. The van der Waals surface area contributed by atoms with Gasteiger partial charge in [-0.05, 0) is 49.1 Å². The Kier molecular flexibility index (Phi) is 7.79. The second-order valence-electron chi connectivity index (χ2n) is 8.93. The number of benzene rings is 3. The zero-order valence-electron chi connectivity index (χ0n) is 21.6. The number of para-hydroxylation sites is 1. The second kappa shape index (κ2) is 11.7. The molecule has 1 aliphatic rings. The maximum Gasteiger partial charge on any atom is 0.323 e. The molecule has 6 rings (SSSR count). The molecule has 37 heavy (non-hydrogen) atoms. The summed E-state index contributed by atoms with van der Waals surface area (Å²) in [6, 6.07) is 25.3. The summed E-state index contributed by atoms with van der Waals surface area (Å²) >= 11 is 0. The number of nitrogens with zero attached hydrogens (tertiary/aromatic N) is 4. The van der Waals surface area contributed by atoms with Gasteiger partial charge in [0.15, 0.2) is 0 Å². The van der Waals surface area contributed by atoms with E-state index in [-0.39, 0.29) is 0 Å². The van der Waals surface area contributed by atoms with Gasteiger partial charge in [0.2, 0.25) is 11.9 Å². The summed E-state index contributed by atoms with van der Waals surface area (Å²) in [6.45, 7) is 6.41. The average molecular weight is 495 g/mol. The van der Waals surface area contributed by atoms with Gasteiger partial charge in [0.25, 0.3) is 0 Å². The van der Waals surface area contributed by atoms with E-state index in [1.165, 1.54) is 17.4 Å². The van der Waals surface area contributed by atoms with Crippen LogP contribution in [0.1, 0.15) is 38.7 Å². The SMILES string of the molecule is CC.c1ccc(CCOc2nc(Nc3ccc4[nH]c5ccccc5c4c3)nc(N3CCCCC3)n2)cc1. The van der Waals surface area contributed by atoms with Crippen LogP contribution in [0.3, 0.4) is 0 Å². The summed E-state index contributed by atoms with van der Waals surface area (Å²) in [6.07, 6.45) is 4.34. The monoisotopic (exact) mass is 494 g/mol. The van der Waals surface area contributed by atoms with Crippen molar-refractivity contribution in [2.24, 2.45) is 0 Å². The van der Waals surface area contributed by atoms with Crippen molar-refractivity contribution in [1.82, 2.24) is 19.9 Å². The predicted octanol–water partition coefficient (Wildman–Crippen LogP) is 6.89. The van der Waals surface area contributed by atoms with E-state index in [4.69, 9.17) is 9.72 Å². The highest BCUT2D eigenvalue weighted by molar-refractivity contribution is 6.08. The van der Waals surface area contributed by atoms with Gasteiger partial charge in [0.05, 0.1) is 6.61 Å². The molecule has 3 aromatic carbocycles. The second-order valence-corrected chi connectivity index (χ2v) is 8.93. The van der Waals surface area contributed by atoms with E-state index in [9.17, 15) is 0 Å². The zero-order chi connectivity index (χ0) is 25.5. The van der Waals surface area contributed by atoms with Crippen molar-refractivity contribution >= 4 is 39.4 Å². The van der Waals surface area contributed by atoms with Crippen LogP contribution in [0.4, 0.5) is 17.6 Å². The number of fused-ring (bicyclic) bond motifs is 3. The highest BCUT2D eigenvalue weighted by Gasteiger charge is 2.17. The minimum Gasteiger partial charge on any atom is -0.463 e. The molecular formula is C30H34N6O. The van der Waals surface area contributed by atoms with Gasteiger partial charge >= 0.3 is 6.01 Å². The molecule has 0 amide bonds. The van der Waals surface area contributed by atoms with Crippen LogP contribution >= 0.6 is 0 Å². The van der Waals surface area contributed by atoms with Crippen LogP contribution in [0.15, 0.2) is 72.8 Å². The van der Waals surface area contributed by atoms with E-state index in [1.807, 2.05) is 44.2 Å². The Bertz CT molecular complexity index is 1440. The standard InChI is InChI=1S/C28H28N6O.C2H6/c1-3-9-20(10-4-1)15-18-35-28-32-26(31-27(33-28)34-16-7-2-8-17-34)29-21-13-14-25-23(19-21)22-11-5-6-12-24(22)30-25;1-2/h1,3-6,9-14,19,30H,2,7-8,15-18H2,(H,29,31,32,33);1-2H3. The van der Waals surface area contributed by atoms with Crippen molar-refractivity contribution in [3.05, 3.63) is 78.4 Å². The average Bonchev–Trinajstić information content (AvgIpc) is 3.33. The smallest absolute Gasteiger partial charge is 0.323 e. The summed E-state index contributed by atoms with van der Waals surface area (Å²) in [7, 11) is 0. The summed E-state index contributed by atoms with van der Waals surface area (Å²) < 4.78 is 6.00. The first-order chi connectivity index (χ1) is 18.3. The van der Waals surface area contributed by atoms with Crippen molar-refractivity contribution in [1.29, 1.82) is 0 Å². The third kappa shape index (κ3) is 5.82. The van der Waals surface area contributed by atoms with Gasteiger partial charge in [-0.15, -0.1) is 0 Å². The first kappa shape index (κ1) is 24.6. The normalized spacial score (nSPS) is 13.3. The van der Waals surface area contributed by atoms with E-state index in [0.29, 0.717) is 24.5 Å². The molecule has 7 heteroatoms. The lowest BCUT2D eigenvalue weighted by Gasteiger charge is -2.26. The molecule has 0 atom stereocenters. The molecule has 0 unspecified atom stereocenters. The Hall–Kier alpha value is -4.13. The Labute approximate surface area is 217 Å². The molecule has 0 radical (unpaired) electrons. The van der Waals surface area contributed by atoms with Gasteiger partial charge in [0, 0.05) is 47.0 Å². The number of aromatic amines is 1. The number of aromatic nitrogens is 4. The number of rotatable bonds is 7. The number of ether oxygens (including phenoxy) is 1. The molecule has 0 spiro atoms. The molecule has 2 N–H and O–H groups in total. The van der Waals surface area contributed by atoms with Crippen molar-refractivity contribution in [3.8, 4) is 6.01 Å². The van der Waals surface area contributed by atoms with Crippen molar-refractivity contribution in [3.63, 3.8) is 0 Å². The number of hydrogen-bond donors (Lipinski definition) is 2. The van der Waals surface area contributed by atoms with Gasteiger partial charge in [0.1, 0.15) is 0 Å². The van der Waals surface area contributed by atoms with Gasteiger partial charge < -0.3 is 19.9 Å². The van der Waals surface area contributed by atoms with E-state index in [1.54, 1.807) is 0 Å². The summed E-state index contributed by atoms with van der Waals surface area (Å²) in [5.41, 5.74) is 4.38. The van der Waals surface area contributed by atoms with E-state index < -0.39 is 0 Å². The maximum absolute atomic E-state index is 6.00. The molecule has 0 aliphatic carbocycles.